The van der Waals surface area contributed by atoms with Crippen LogP contribution in [0, 0.1) is 0 Å². The van der Waals surface area contributed by atoms with Crippen molar-refractivity contribution in [1.29, 1.82) is 0 Å². The smallest absolute Gasteiger partial charge is 0.257 e. The Balaban J connectivity index is 2.14. The maximum absolute atomic E-state index is 12.2. The molecular formula is C14H14ClN3O. The Morgan fingerprint density at radius 1 is 1.42 bits per heavy atom. The minimum Gasteiger partial charge on any atom is -0.398 e. The van der Waals surface area contributed by atoms with Gasteiger partial charge in [0.05, 0.1) is 5.56 Å². The summed E-state index contributed by atoms with van der Waals surface area (Å²) in [5.74, 6) is -0.162. The molecule has 5 heteroatoms. The number of rotatable bonds is 3. The molecule has 0 aliphatic heterocycles. The standard InChI is InChI=1S/C14H14ClN3O/c1-18(9-10-3-2-4-11(15)7-10)14(19)12-8-17-6-5-13(12)16/h2-8H,9H2,1H3,(H2,16,17). The molecule has 0 atom stereocenters. The lowest BCUT2D eigenvalue weighted by atomic mass is 10.2. The molecule has 0 radical (unpaired) electrons. The highest BCUT2D eigenvalue weighted by Crippen LogP contribution is 2.15. The van der Waals surface area contributed by atoms with E-state index in [1.807, 2.05) is 18.2 Å². The summed E-state index contributed by atoms with van der Waals surface area (Å²) in [5.41, 5.74) is 7.57. The van der Waals surface area contributed by atoms with Crippen LogP contribution in [0.25, 0.3) is 0 Å². The van der Waals surface area contributed by atoms with Crippen molar-refractivity contribution in [2.75, 3.05) is 12.8 Å². The van der Waals surface area contributed by atoms with Crippen molar-refractivity contribution in [2.24, 2.45) is 0 Å². The van der Waals surface area contributed by atoms with E-state index in [1.54, 1.807) is 30.3 Å². The first-order valence-corrected chi connectivity index (χ1v) is 6.15. The second-order valence-electron chi connectivity index (χ2n) is 4.25. The van der Waals surface area contributed by atoms with E-state index >= 15 is 0 Å². The van der Waals surface area contributed by atoms with Gasteiger partial charge in [-0.1, -0.05) is 23.7 Å². The molecule has 0 saturated heterocycles. The molecule has 19 heavy (non-hydrogen) atoms. The molecule has 0 aliphatic rings. The molecule has 0 unspecified atom stereocenters. The van der Waals surface area contributed by atoms with Crippen LogP contribution < -0.4 is 5.73 Å². The lowest BCUT2D eigenvalue weighted by Gasteiger charge is -2.18. The number of halogens is 1. The van der Waals surface area contributed by atoms with Gasteiger partial charge in [0.25, 0.3) is 5.91 Å². The van der Waals surface area contributed by atoms with E-state index in [4.69, 9.17) is 17.3 Å². The van der Waals surface area contributed by atoms with E-state index < -0.39 is 0 Å². The number of hydrogen-bond donors (Lipinski definition) is 1. The highest BCUT2D eigenvalue weighted by Gasteiger charge is 2.14. The van der Waals surface area contributed by atoms with Crippen LogP contribution in [0.4, 0.5) is 5.69 Å². The summed E-state index contributed by atoms with van der Waals surface area (Å²) in [6.07, 6.45) is 3.04. The van der Waals surface area contributed by atoms with Crippen molar-refractivity contribution >= 4 is 23.2 Å². The van der Waals surface area contributed by atoms with Gasteiger partial charge in [-0.15, -0.1) is 0 Å². The SMILES string of the molecule is CN(Cc1cccc(Cl)c1)C(=O)c1cnccc1N. The van der Waals surface area contributed by atoms with E-state index in [9.17, 15) is 4.79 Å². The van der Waals surface area contributed by atoms with Crippen LogP contribution in [0.3, 0.4) is 0 Å². The van der Waals surface area contributed by atoms with Crippen molar-refractivity contribution in [3.8, 4) is 0 Å². The number of aromatic nitrogens is 1. The van der Waals surface area contributed by atoms with Crippen LogP contribution in [-0.2, 0) is 6.54 Å². The number of amides is 1. The summed E-state index contributed by atoms with van der Waals surface area (Å²) >= 11 is 5.92. The second kappa shape index (κ2) is 5.71. The highest BCUT2D eigenvalue weighted by atomic mass is 35.5. The Bertz CT molecular complexity index is 601. The zero-order chi connectivity index (χ0) is 13.8. The van der Waals surface area contributed by atoms with Gasteiger partial charge in [-0.2, -0.15) is 0 Å². The summed E-state index contributed by atoms with van der Waals surface area (Å²) in [4.78, 5) is 17.7. The fraction of sp³-hybridized carbons (Fsp3) is 0.143. The van der Waals surface area contributed by atoms with Gasteiger partial charge in [0.15, 0.2) is 0 Å². The normalized spacial score (nSPS) is 10.2. The predicted octanol–water partition coefficient (Wildman–Crippen LogP) is 2.59. The van der Waals surface area contributed by atoms with E-state index in [0.717, 1.165) is 5.56 Å². The molecule has 0 saturated carbocycles. The van der Waals surface area contributed by atoms with Gasteiger partial charge in [-0.25, -0.2) is 0 Å². The minimum absolute atomic E-state index is 0.162. The monoisotopic (exact) mass is 275 g/mol. The van der Waals surface area contributed by atoms with Crippen molar-refractivity contribution in [3.05, 3.63) is 58.9 Å². The molecule has 2 aromatic rings. The number of pyridine rings is 1. The molecule has 0 fully saturated rings. The summed E-state index contributed by atoms with van der Waals surface area (Å²) < 4.78 is 0. The maximum atomic E-state index is 12.2. The molecule has 1 aromatic heterocycles. The Kier molecular flexibility index (Phi) is 4.02. The minimum atomic E-state index is -0.162. The van der Waals surface area contributed by atoms with Gasteiger partial charge in [0.1, 0.15) is 0 Å². The summed E-state index contributed by atoms with van der Waals surface area (Å²) in [7, 11) is 1.72. The Morgan fingerprint density at radius 3 is 2.89 bits per heavy atom. The third-order valence-corrected chi connectivity index (χ3v) is 2.98. The van der Waals surface area contributed by atoms with Gasteiger partial charge in [0, 0.05) is 36.7 Å². The van der Waals surface area contributed by atoms with Crippen molar-refractivity contribution < 1.29 is 4.79 Å². The van der Waals surface area contributed by atoms with E-state index in [2.05, 4.69) is 4.98 Å². The first kappa shape index (κ1) is 13.4. The summed E-state index contributed by atoms with van der Waals surface area (Å²) in [6.45, 7) is 0.466. The van der Waals surface area contributed by atoms with Crippen LogP contribution in [0.1, 0.15) is 15.9 Å². The Labute approximate surface area is 116 Å². The second-order valence-corrected chi connectivity index (χ2v) is 4.69. The van der Waals surface area contributed by atoms with Crippen LogP contribution in [0.5, 0.6) is 0 Å². The molecule has 2 N–H and O–H groups in total. The van der Waals surface area contributed by atoms with Crippen LogP contribution in [-0.4, -0.2) is 22.8 Å². The molecule has 1 amide bonds. The number of carbonyl (C=O) groups excluding carboxylic acids is 1. The number of nitrogen functional groups attached to an aromatic ring is 1. The molecular weight excluding hydrogens is 262 g/mol. The number of nitrogens with two attached hydrogens (primary N) is 1. The average Bonchev–Trinajstić information content (AvgIpc) is 2.38. The molecule has 0 bridgehead atoms. The molecule has 2 rings (SSSR count). The van der Waals surface area contributed by atoms with Gasteiger partial charge in [-0.3, -0.25) is 9.78 Å². The highest BCUT2D eigenvalue weighted by molar-refractivity contribution is 6.30. The lowest BCUT2D eigenvalue weighted by molar-refractivity contribution is 0.0785. The average molecular weight is 276 g/mol. The van der Waals surface area contributed by atoms with Crippen LogP contribution in [0.15, 0.2) is 42.7 Å². The van der Waals surface area contributed by atoms with Crippen molar-refractivity contribution in [3.63, 3.8) is 0 Å². The summed E-state index contributed by atoms with van der Waals surface area (Å²) in [6, 6.07) is 9.01. The maximum Gasteiger partial charge on any atom is 0.257 e. The van der Waals surface area contributed by atoms with E-state index in [1.165, 1.54) is 6.20 Å². The molecule has 1 heterocycles. The fourth-order valence-electron chi connectivity index (χ4n) is 1.77. The molecule has 1 aromatic carbocycles. The number of anilines is 1. The molecule has 4 nitrogen and oxygen atoms in total. The predicted molar refractivity (Wildman–Crippen MR) is 75.9 cm³/mol. The zero-order valence-corrected chi connectivity index (χ0v) is 11.3. The van der Waals surface area contributed by atoms with Crippen molar-refractivity contribution in [2.45, 2.75) is 6.54 Å². The third kappa shape index (κ3) is 3.23. The lowest BCUT2D eigenvalue weighted by Crippen LogP contribution is -2.27. The molecule has 0 aliphatic carbocycles. The van der Waals surface area contributed by atoms with Gasteiger partial charge in [-0.05, 0) is 23.8 Å². The largest absolute Gasteiger partial charge is 0.398 e. The fourth-order valence-corrected chi connectivity index (χ4v) is 1.98. The third-order valence-electron chi connectivity index (χ3n) is 2.74. The molecule has 0 spiro atoms. The van der Waals surface area contributed by atoms with E-state index in [0.29, 0.717) is 22.8 Å². The van der Waals surface area contributed by atoms with Gasteiger partial charge in [0.2, 0.25) is 0 Å². The van der Waals surface area contributed by atoms with Gasteiger partial charge < -0.3 is 10.6 Å². The van der Waals surface area contributed by atoms with E-state index in [-0.39, 0.29) is 5.91 Å². The van der Waals surface area contributed by atoms with Crippen LogP contribution >= 0.6 is 11.6 Å². The molecule has 98 valence electrons. The first-order valence-electron chi connectivity index (χ1n) is 5.77. The summed E-state index contributed by atoms with van der Waals surface area (Å²) in [5, 5.41) is 0.652. The quantitative estimate of drug-likeness (QED) is 0.937. The van der Waals surface area contributed by atoms with Gasteiger partial charge >= 0.3 is 0 Å². The topological polar surface area (TPSA) is 59.2 Å². The zero-order valence-electron chi connectivity index (χ0n) is 10.5. The number of nitrogens with zero attached hydrogens (tertiary/aromatic N) is 2. The number of hydrogen-bond acceptors (Lipinski definition) is 3. The number of carbonyl (C=O) groups is 1. The van der Waals surface area contributed by atoms with Crippen molar-refractivity contribution in [1.82, 2.24) is 9.88 Å². The Morgan fingerprint density at radius 2 is 2.21 bits per heavy atom. The first-order chi connectivity index (χ1) is 9.08. The Hall–Kier alpha value is -2.07. The number of benzene rings is 1. The van der Waals surface area contributed by atoms with Crippen LogP contribution in [0.2, 0.25) is 5.02 Å².